The average molecular weight is 456 g/mol. The number of nitrogens with one attached hydrogen (secondary N) is 1. The summed E-state index contributed by atoms with van der Waals surface area (Å²) in [5.74, 6) is 0.00433. The molecule has 2 spiro atoms. The van der Waals surface area contributed by atoms with Crippen molar-refractivity contribution in [1.82, 2.24) is 14.9 Å². The van der Waals surface area contributed by atoms with Gasteiger partial charge in [-0.1, -0.05) is 62.4 Å². The highest BCUT2D eigenvalue weighted by atomic mass is 16.7. The standard InChI is InChI=1S/C28H29N3O3/c1-26(2)22-16-27-13-8-14-30(27)25(33)28(22,15-20-19-11-6-7-12-21(19)29-23(20)26)31(24(27)32)34-17-18-9-4-3-5-10-18/h3-7,9-12,22,29H,8,13-17H2,1-2H3/t22-,27?,28?/m0/s1. The summed E-state index contributed by atoms with van der Waals surface area (Å²) in [5, 5.41) is 2.68. The SMILES string of the molecule is CC1(C)c2[nH]c3ccccc3c2CC23C(=O)N4CCCC4(C[C@@H]12)C(=O)N3OCc1ccccc1. The van der Waals surface area contributed by atoms with Crippen LogP contribution in [0.4, 0.5) is 0 Å². The number of fused-ring (bicyclic) bond motifs is 4. The maximum absolute atomic E-state index is 14.4. The normalized spacial score (nSPS) is 31.1. The monoisotopic (exact) mass is 455 g/mol. The second-order valence-corrected chi connectivity index (χ2v) is 11.1. The summed E-state index contributed by atoms with van der Waals surface area (Å²) in [6.07, 6.45) is 2.75. The first-order valence-electron chi connectivity index (χ1n) is 12.3. The summed E-state index contributed by atoms with van der Waals surface area (Å²) < 4.78 is 0. The van der Waals surface area contributed by atoms with Crippen molar-refractivity contribution in [1.29, 1.82) is 0 Å². The van der Waals surface area contributed by atoms with Gasteiger partial charge < -0.3 is 9.88 Å². The van der Waals surface area contributed by atoms with E-state index < -0.39 is 11.1 Å². The Morgan fingerprint density at radius 2 is 1.79 bits per heavy atom. The van der Waals surface area contributed by atoms with Gasteiger partial charge in [0.25, 0.3) is 11.8 Å². The van der Waals surface area contributed by atoms with E-state index in [1.165, 1.54) is 5.69 Å². The van der Waals surface area contributed by atoms with E-state index in [4.69, 9.17) is 4.84 Å². The fourth-order valence-corrected chi connectivity index (χ4v) is 7.57. The van der Waals surface area contributed by atoms with Crippen LogP contribution in [-0.2, 0) is 32.9 Å². The topological polar surface area (TPSA) is 65.6 Å². The zero-order valence-corrected chi connectivity index (χ0v) is 19.6. The molecule has 34 heavy (non-hydrogen) atoms. The van der Waals surface area contributed by atoms with Gasteiger partial charge in [-0.05, 0) is 36.5 Å². The van der Waals surface area contributed by atoms with Crippen molar-refractivity contribution >= 4 is 22.7 Å². The second kappa shape index (κ2) is 6.51. The third-order valence-corrected chi connectivity index (χ3v) is 9.15. The molecule has 1 aliphatic carbocycles. The minimum atomic E-state index is -1.03. The first-order valence-corrected chi connectivity index (χ1v) is 12.3. The van der Waals surface area contributed by atoms with E-state index in [9.17, 15) is 9.59 Å². The molecule has 0 radical (unpaired) electrons. The lowest BCUT2D eigenvalue weighted by molar-refractivity contribution is -0.283. The molecular weight excluding hydrogens is 426 g/mol. The minimum absolute atomic E-state index is 0.0316. The highest BCUT2D eigenvalue weighted by molar-refractivity contribution is 6.05. The third kappa shape index (κ3) is 2.25. The highest BCUT2D eigenvalue weighted by Gasteiger charge is 2.76. The van der Waals surface area contributed by atoms with Gasteiger partial charge in [0.2, 0.25) is 0 Å². The van der Waals surface area contributed by atoms with E-state index >= 15 is 0 Å². The Balaban J connectivity index is 1.43. The molecule has 8 rings (SSSR count). The van der Waals surface area contributed by atoms with Crippen LogP contribution in [0.5, 0.6) is 0 Å². The number of H-pyrrole nitrogens is 1. The number of hydrogen-bond donors (Lipinski definition) is 1. The summed E-state index contributed by atoms with van der Waals surface area (Å²) in [6.45, 7) is 5.39. The van der Waals surface area contributed by atoms with Crippen LogP contribution in [0.3, 0.4) is 0 Å². The number of carbonyl (C=O) groups is 2. The Bertz CT molecular complexity index is 1350. The first kappa shape index (κ1) is 20.3. The van der Waals surface area contributed by atoms with Crippen LogP contribution in [0.2, 0.25) is 0 Å². The van der Waals surface area contributed by atoms with Crippen LogP contribution in [0.25, 0.3) is 10.9 Å². The van der Waals surface area contributed by atoms with E-state index in [1.807, 2.05) is 47.4 Å². The Labute approximate surface area is 198 Å². The van der Waals surface area contributed by atoms with Crippen LogP contribution in [0.15, 0.2) is 54.6 Å². The van der Waals surface area contributed by atoms with Crippen molar-refractivity contribution in [2.75, 3.05) is 6.54 Å². The number of benzene rings is 2. The molecule has 5 aliphatic rings. The molecule has 1 aromatic heterocycles. The molecule has 4 saturated heterocycles. The highest BCUT2D eigenvalue weighted by Crippen LogP contribution is 2.62. The molecule has 2 aromatic carbocycles. The maximum Gasteiger partial charge on any atom is 0.273 e. The van der Waals surface area contributed by atoms with Gasteiger partial charge in [-0.3, -0.25) is 14.4 Å². The number of piperazine rings is 1. The smallest absolute Gasteiger partial charge is 0.273 e. The molecule has 2 unspecified atom stereocenters. The number of hydrogen-bond acceptors (Lipinski definition) is 3. The van der Waals surface area contributed by atoms with Gasteiger partial charge in [-0.15, -0.1) is 0 Å². The Kier molecular flexibility index (Phi) is 3.88. The van der Waals surface area contributed by atoms with Gasteiger partial charge in [-0.25, -0.2) is 5.06 Å². The number of hydroxylamine groups is 2. The average Bonchev–Trinajstić information content (AvgIpc) is 3.44. The van der Waals surface area contributed by atoms with Crippen molar-refractivity contribution in [3.05, 3.63) is 71.4 Å². The lowest BCUT2D eigenvalue weighted by atomic mass is 9.51. The molecule has 1 N–H and O–H groups in total. The molecule has 6 nitrogen and oxygen atoms in total. The predicted molar refractivity (Wildman–Crippen MR) is 128 cm³/mol. The van der Waals surface area contributed by atoms with Crippen LogP contribution in [0, 0.1) is 5.92 Å². The van der Waals surface area contributed by atoms with Crippen LogP contribution in [-0.4, -0.2) is 44.4 Å². The zero-order valence-electron chi connectivity index (χ0n) is 19.6. The van der Waals surface area contributed by atoms with Gasteiger partial charge in [-0.2, -0.15) is 0 Å². The molecule has 2 amide bonds. The Morgan fingerprint density at radius 1 is 1.03 bits per heavy atom. The third-order valence-electron chi connectivity index (χ3n) is 9.15. The number of para-hydroxylation sites is 1. The lowest BCUT2D eigenvalue weighted by Gasteiger charge is -2.66. The molecule has 0 saturated carbocycles. The molecule has 2 bridgehead atoms. The van der Waals surface area contributed by atoms with E-state index in [0.717, 1.165) is 28.5 Å². The van der Waals surface area contributed by atoms with E-state index in [0.29, 0.717) is 25.8 Å². The first-order chi connectivity index (χ1) is 16.4. The van der Waals surface area contributed by atoms with Crippen LogP contribution >= 0.6 is 0 Å². The molecule has 4 fully saturated rings. The molecule has 6 heteroatoms. The van der Waals surface area contributed by atoms with Crippen molar-refractivity contribution < 1.29 is 14.4 Å². The fourth-order valence-electron chi connectivity index (χ4n) is 7.57. The van der Waals surface area contributed by atoms with Crippen LogP contribution < -0.4 is 0 Å². The van der Waals surface area contributed by atoms with Gasteiger partial charge >= 0.3 is 0 Å². The van der Waals surface area contributed by atoms with Gasteiger partial charge in [0.05, 0.1) is 0 Å². The summed E-state index contributed by atoms with van der Waals surface area (Å²) >= 11 is 0. The summed E-state index contributed by atoms with van der Waals surface area (Å²) in [4.78, 5) is 40.5. The second-order valence-electron chi connectivity index (χ2n) is 11.1. The van der Waals surface area contributed by atoms with Crippen molar-refractivity contribution in [3.8, 4) is 0 Å². The molecular formula is C28H29N3O3. The number of amides is 2. The molecule has 3 aromatic rings. The number of nitrogens with zero attached hydrogens (tertiary/aromatic N) is 2. The van der Waals surface area contributed by atoms with Crippen molar-refractivity contribution in [2.45, 2.75) is 62.6 Å². The fraction of sp³-hybridized carbons (Fsp3) is 0.429. The zero-order chi connectivity index (χ0) is 23.3. The maximum atomic E-state index is 14.4. The van der Waals surface area contributed by atoms with Crippen molar-refractivity contribution in [3.63, 3.8) is 0 Å². The molecule has 5 heterocycles. The summed E-state index contributed by atoms with van der Waals surface area (Å²) in [6, 6.07) is 18.2. The number of aromatic amines is 1. The Hall–Kier alpha value is -3.12. The van der Waals surface area contributed by atoms with E-state index in [-0.39, 0.29) is 29.8 Å². The van der Waals surface area contributed by atoms with E-state index in [2.05, 4.69) is 31.0 Å². The van der Waals surface area contributed by atoms with E-state index in [1.54, 1.807) is 5.06 Å². The summed E-state index contributed by atoms with van der Waals surface area (Å²) in [5.41, 5.74) is 2.28. The van der Waals surface area contributed by atoms with Gasteiger partial charge in [0, 0.05) is 40.9 Å². The predicted octanol–water partition coefficient (Wildman–Crippen LogP) is 4.10. The van der Waals surface area contributed by atoms with Crippen LogP contribution in [0.1, 0.15) is 49.9 Å². The number of aromatic nitrogens is 1. The number of piperidine rings is 2. The molecule has 3 atom stereocenters. The minimum Gasteiger partial charge on any atom is -0.358 e. The quantitative estimate of drug-likeness (QED) is 0.647. The molecule has 174 valence electrons. The number of rotatable bonds is 3. The number of carbonyl (C=O) groups excluding carboxylic acids is 2. The lowest BCUT2D eigenvalue weighted by Crippen LogP contribution is -2.85. The van der Waals surface area contributed by atoms with Gasteiger partial charge in [0.15, 0.2) is 5.54 Å². The van der Waals surface area contributed by atoms with Crippen molar-refractivity contribution in [2.24, 2.45) is 5.92 Å². The molecule has 4 aliphatic heterocycles. The largest absolute Gasteiger partial charge is 0.358 e. The van der Waals surface area contributed by atoms with Gasteiger partial charge in [0.1, 0.15) is 12.1 Å². The summed E-state index contributed by atoms with van der Waals surface area (Å²) in [7, 11) is 0. The Morgan fingerprint density at radius 3 is 2.62 bits per heavy atom.